The van der Waals surface area contributed by atoms with E-state index in [9.17, 15) is 14.9 Å². The Hall–Kier alpha value is -1.65. The largest absolute Gasteiger partial charge is 0.323 e. The summed E-state index contributed by atoms with van der Waals surface area (Å²) < 4.78 is 0. The van der Waals surface area contributed by atoms with Crippen molar-refractivity contribution in [2.75, 3.05) is 0 Å². The highest BCUT2D eigenvalue weighted by atomic mass is 16.6. The van der Waals surface area contributed by atoms with Gasteiger partial charge in [0.1, 0.15) is 0 Å². The van der Waals surface area contributed by atoms with Crippen molar-refractivity contribution < 1.29 is 4.92 Å². The van der Waals surface area contributed by atoms with E-state index in [0.29, 0.717) is 12.0 Å². The second kappa shape index (κ2) is 3.17. The van der Waals surface area contributed by atoms with Crippen molar-refractivity contribution in [2.24, 2.45) is 0 Å². The minimum atomic E-state index is -0.505. The first-order valence-corrected chi connectivity index (χ1v) is 3.51. The summed E-state index contributed by atoms with van der Waals surface area (Å²) in [5, 5.41) is 10.4. The molecular formula is C7H8N2O3. The zero-order valence-electron chi connectivity index (χ0n) is 6.53. The van der Waals surface area contributed by atoms with Gasteiger partial charge in [-0.15, -0.1) is 0 Å². The van der Waals surface area contributed by atoms with Gasteiger partial charge in [0.25, 0.3) is 5.69 Å². The number of aryl methyl sites for hydroxylation is 1. The Morgan fingerprint density at radius 2 is 2.33 bits per heavy atom. The van der Waals surface area contributed by atoms with Crippen LogP contribution in [0.25, 0.3) is 0 Å². The summed E-state index contributed by atoms with van der Waals surface area (Å²) in [5.41, 5.74) is 0.123. The first-order valence-electron chi connectivity index (χ1n) is 3.51. The number of nitrogens with one attached hydrogen (secondary N) is 1. The molecule has 64 valence electrons. The lowest BCUT2D eigenvalue weighted by molar-refractivity contribution is -0.385. The van der Waals surface area contributed by atoms with Crippen molar-refractivity contribution in [3.8, 4) is 0 Å². The lowest BCUT2D eigenvalue weighted by Crippen LogP contribution is -2.07. The first kappa shape index (κ1) is 8.45. The van der Waals surface area contributed by atoms with Gasteiger partial charge < -0.3 is 4.98 Å². The average Bonchev–Trinajstić information content (AvgIpc) is 2.03. The third-order valence-electron chi connectivity index (χ3n) is 1.56. The van der Waals surface area contributed by atoms with Gasteiger partial charge >= 0.3 is 0 Å². The molecule has 0 saturated carbocycles. The fourth-order valence-corrected chi connectivity index (χ4v) is 0.959. The van der Waals surface area contributed by atoms with E-state index in [0.717, 1.165) is 6.20 Å². The third kappa shape index (κ3) is 1.50. The number of rotatable bonds is 2. The molecule has 1 aromatic rings. The van der Waals surface area contributed by atoms with Crippen LogP contribution in [0.1, 0.15) is 12.5 Å². The number of hydrogen-bond donors (Lipinski definition) is 1. The minimum Gasteiger partial charge on any atom is -0.323 e. The predicted octanol–water partition coefficient (Wildman–Crippen LogP) is 0.845. The van der Waals surface area contributed by atoms with Gasteiger partial charge in [0.15, 0.2) is 0 Å². The van der Waals surface area contributed by atoms with Gasteiger partial charge in [0.05, 0.1) is 11.1 Å². The highest BCUT2D eigenvalue weighted by molar-refractivity contribution is 5.36. The Kier molecular flexibility index (Phi) is 2.23. The zero-order valence-corrected chi connectivity index (χ0v) is 6.53. The summed E-state index contributed by atoms with van der Waals surface area (Å²) in [4.78, 5) is 22.9. The van der Waals surface area contributed by atoms with Gasteiger partial charge in [-0.1, -0.05) is 6.92 Å². The molecule has 0 aliphatic carbocycles. The van der Waals surface area contributed by atoms with Crippen molar-refractivity contribution in [1.29, 1.82) is 0 Å². The van der Waals surface area contributed by atoms with Gasteiger partial charge in [0.2, 0.25) is 5.56 Å². The fourth-order valence-electron chi connectivity index (χ4n) is 0.959. The van der Waals surface area contributed by atoms with Gasteiger partial charge in [-0.2, -0.15) is 0 Å². The maximum atomic E-state index is 10.7. The first-order chi connectivity index (χ1) is 5.65. The highest BCUT2D eigenvalue weighted by Gasteiger charge is 2.11. The second-order valence-corrected chi connectivity index (χ2v) is 2.32. The predicted molar refractivity (Wildman–Crippen MR) is 43.1 cm³/mol. The SMILES string of the molecule is CCc1cc(=O)[nH]cc1[N+](=O)[O-]. The highest BCUT2D eigenvalue weighted by Crippen LogP contribution is 2.14. The van der Waals surface area contributed by atoms with Crippen LogP contribution in [0, 0.1) is 10.1 Å². The Bertz CT molecular complexity index is 356. The maximum Gasteiger partial charge on any atom is 0.288 e. The van der Waals surface area contributed by atoms with E-state index in [2.05, 4.69) is 4.98 Å². The number of aromatic nitrogens is 1. The van der Waals surface area contributed by atoms with Crippen LogP contribution in [-0.2, 0) is 6.42 Å². The van der Waals surface area contributed by atoms with Crippen molar-refractivity contribution in [3.05, 3.63) is 38.3 Å². The van der Waals surface area contributed by atoms with E-state index in [4.69, 9.17) is 0 Å². The molecule has 0 aliphatic rings. The van der Waals surface area contributed by atoms with Gasteiger partial charge in [-0.05, 0) is 6.42 Å². The Morgan fingerprint density at radius 1 is 1.67 bits per heavy atom. The summed E-state index contributed by atoms with van der Waals surface area (Å²) in [6.07, 6.45) is 1.61. The maximum absolute atomic E-state index is 10.7. The lowest BCUT2D eigenvalue weighted by atomic mass is 10.2. The molecule has 5 heteroatoms. The molecule has 0 saturated heterocycles. The van der Waals surface area contributed by atoms with Crippen molar-refractivity contribution in [1.82, 2.24) is 4.98 Å². The molecule has 0 bridgehead atoms. The van der Waals surface area contributed by atoms with Crippen LogP contribution in [0.3, 0.4) is 0 Å². The van der Waals surface area contributed by atoms with Crippen LogP contribution < -0.4 is 5.56 Å². The number of nitro groups is 1. The summed E-state index contributed by atoms with van der Waals surface area (Å²) in [5.74, 6) is 0. The standard InChI is InChI=1S/C7H8N2O3/c1-2-5-3-7(10)8-4-6(5)9(11)12/h3-4H,2H2,1H3,(H,8,10). The van der Waals surface area contributed by atoms with Gasteiger partial charge in [-0.25, -0.2) is 0 Å². The number of nitrogens with zero attached hydrogens (tertiary/aromatic N) is 1. The number of aromatic amines is 1. The minimum absolute atomic E-state index is 0.0305. The van der Waals surface area contributed by atoms with Crippen molar-refractivity contribution in [2.45, 2.75) is 13.3 Å². The smallest absolute Gasteiger partial charge is 0.288 e. The summed E-state index contributed by atoms with van der Waals surface area (Å²) in [6.45, 7) is 1.77. The summed E-state index contributed by atoms with van der Waals surface area (Å²) in [6, 6.07) is 1.25. The number of H-pyrrole nitrogens is 1. The van der Waals surface area contributed by atoms with Crippen LogP contribution in [0.2, 0.25) is 0 Å². The normalized spacial score (nSPS) is 9.75. The number of hydrogen-bond acceptors (Lipinski definition) is 3. The Labute approximate surface area is 68.2 Å². The van der Waals surface area contributed by atoms with Gasteiger partial charge in [-0.3, -0.25) is 14.9 Å². The molecule has 1 rings (SSSR count). The van der Waals surface area contributed by atoms with E-state index in [-0.39, 0.29) is 11.2 Å². The fraction of sp³-hybridized carbons (Fsp3) is 0.286. The molecule has 1 aromatic heterocycles. The summed E-state index contributed by atoms with van der Waals surface area (Å²) >= 11 is 0. The zero-order chi connectivity index (χ0) is 9.14. The molecule has 0 radical (unpaired) electrons. The number of pyridine rings is 1. The lowest BCUT2D eigenvalue weighted by Gasteiger charge is -1.96. The van der Waals surface area contributed by atoms with Crippen LogP contribution in [-0.4, -0.2) is 9.91 Å². The average molecular weight is 168 g/mol. The molecule has 0 aliphatic heterocycles. The van der Waals surface area contributed by atoms with Gasteiger partial charge in [0, 0.05) is 11.6 Å². The molecule has 0 amide bonds. The molecule has 0 aromatic carbocycles. The molecule has 0 fully saturated rings. The quantitative estimate of drug-likeness (QED) is 0.525. The van der Waals surface area contributed by atoms with Crippen LogP contribution >= 0.6 is 0 Å². The Balaban J connectivity index is 3.29. The van der Waals surface area contributed by atoms with E-state index < -0.39 is 4.92 Å². The van der Waals surface area contributed by atoms with E-state index in [1.807, 2.05) is 0 Å². The topological polar surface area (TPSA) is 76.0 Å². The molecule has 0 spiro atoms. The third-order valence-corrected chi connectivity index (χ3v) is 1.56. The molecule has 1 N–H and O–H groups in total. The van der Waals surface area contributed by atoms with Crippen molar-refractivity contribution in [3.63, 3.8) is 0 Å². The van der Waals surface area contributed by atoms with E-state index >= 15 is 0 Å². The Morgan fingerprint density at radius 3 is 2.83 bits per heavy atom. The van der Waals surface area contributed by atoms with Crippen LogP contribution in [0.4, 0.5) is 5.69 Å². The van der Waals surface area contributed by atoms with E-state index in [1.165, 1.54) is 6.07 Å². The van der Waals surface area contributed by atoms with Crippen LogP contribution in [0.15, 0.2) is 17.1 Å². The molecular weight excluding hydrogens is 160 g/mol. The monoisotopic (exact) mass is 168 g/mol. The molecule has 0 unspecified atom stereocenters. The molecule has 5 nitrogen and oxygen atoms in total. The second-order valence-electron chi connectivity index (χ2n) is 2.32. The van der Waals surface area contributed by atoms with Crippen LogP contribution in [0.5, 0.6) is 0 Å². The van der Waals surface area contributed by atoms with Crippen molar-refractivity contribution >= 4 is 5.69 Å². The molecule has 1 heterocycles. The summed E-state index contributed by atoms with van der Waals surface area (Å²) in [7, 11) is 0. The molecule has 0 atom stereocenters. The molecule has 12 heavy (non-hydrogen) atoms. The van der Waals surface area contributed by atoms with E-state index in [1.54, 1.807) is 6.92 Å².